The van der Waals surface area contributed by atoms with Gasteiger partial charge in [0.05, 0.1) is 35.5 Å². The Morgan fingerprint density at radius 1 is 0.455 bits per heavy atom. The van der Waals surface area contributed by atoms with Crippen molar-refractivity contribution in [3.63, 3.8) is 0 Å². The maximum atomic E-state index is 13.0. The Morgan fingerprint density at radius 2 is 0.848 bits per heavy atom. The second-order valence-corrected chi connectivity index (χ2v) is 15.9. The molecule has 0 unspecified atom stereocenters. The molecule has 0 N–H and O–H groups in total. The van der Waals surface area contributed by atoms with Gasteiger partial charge in [-0.3, -0.25) is 0 Å². The molecule has 0 saturated heterocycles. The number of allylic oxidation sites excluding steroid dienone is 1. The Morgan fingerprint density at radius 3 is 1.30 bits per heavy atom. The second-order valence-electron chi connectivity index (χ2n) is 15.9. The predicted molar refractivity (Wildman–Crippen MR) is 255 cm³/mol. The van der Waals surface area contributed by atoms with Gasteiger partial charge >= 0.3 is 23.9 Å². The Hall–Kier alpha value is -7.46. The van der Waals surface area contributed by atoms with Crippen LogP contribution >= 0.6 is 0 Å². The molecular weight excluding hydrogens is 833 g/mol. The first-order chi connectivity index (χ1) is 32.2. The smallest absolute Gasteiger partial charge is 0.343 e. The fourth-order valence-corrected chi connectivity index (χ4v) is 6.63. The molecule has 0 radical (unpaired) electrons. The minimum absolute atomic E-state index is 0.273. The van der Waals surface area contributed by atoms with Crippen LogP contribution in [0.2, 0.25) is 0 Å². The van der Waals surface area contributed by atoms with Gasteiger partial charge in [0.1, 0.15) is 34.5 Å². The Balaban J connectivity index is 0.920. The number of esters is 4. The molecule has 0 spiro atoms. The van der Waals surface area contributed by atoms with Crippen molar-refractivity contribution in [2.24, 2.45) is 5.92 Å². The molecule has 0 aliphatic rings. The fourth-order valence-electron chi connectivity index (χ4n) is 6.63. The van der Waals surface area contributed by atoms with E-state index in [1.54, 1.807) is 91.0 Å². The van der Waals surface area contributed by atoms with Gasteiger partial charge in [-0.05, 0) is 158 Å². The molecule has 0 aliphatic heterocycles. The molecule has 0 aliphatic carbocycles. The van der Waals surface area contributed by atoms with Crippen molar-refractivity contribution in [1.82, 2.24) is 0 Å². The van der Waals surface area contributed by atoms with Crippen LogP contribution in [0.1, 0.15) is 113 Å². The van der Waals surface area contributed by atoms with Crippen molar-refractivity contribution >= 4 is 23.9 Å². The molecule has 66 heavy (non-hydrogen) atoms. The number of ether oxygens (including phenoxy) is 6. The van der Waals surface area contributed by atoms with Crippen molar-refractivity contribution < 1.29 is 47.6 Å². The lowest BCUT2D eigenvalue weighted by Crippen LogP contribution is -2.10. The highest BCUT2D eigenvalue weighted by atomic mass is 16.5. The molecule has 6 aromatic rings. The zero-order valence-corrected chi connectivity index (χ0v) is 37.6. The third-order valence-corrected chi connectivity index (χ3v) is 10.8. The SMILES string of the molecule is C=CCCCCCCCCCOc1ccc(C(=O)Oc2ccc(C(=O)Oc3ccc(-c4cccc(OC(=O)c5ccc(OC(=O)c6ccc(OC[C@@H](C)CC)cc6)cc5)c4)cc3)cc2)cc1. The van der Waals surface area contributed by atoms with Crippen molar-refractivity contribution in [3.05, 3.63) is 181 Å². The van der Waals surface area contributed by atoms with Crippen LogP contribution < -0.4 is 28.4 Å². The summed E-state index contributed by atoms with van der Waals surface area (Å²) >= 11 is 0. The third-order valence-electron chi connectivity index (χ3n) is 10.8. The molecule has 0 amide bonds. The van der Waals surface area contributed by atoms with Gasteiger partial charge in [-0.2, -0.15) is 0 Å². The Kier molecular flexibility index (Phi) is 18.3. The number of hydrogen-bond donors (Lipinski definition) is 0. The molecule has 1 atom stereocenters. The van der Waals surface area contributed by atoms with Crippen LogP contribution in [-0.4, -0.2) is 37.1 Å². The summed E-state index contributed by atoms with van der Waals surface area (Å²) in [4.78, 5) is 51.5. The molecule has 0 fully saturated rings. The number of benzene rings is 6. The van der Waals surface area contributed by atoms with E-state index in [1.807, 2.05) is 12.1 Å². The normalized spacial score (nSPS) is 11.2. The number of unbranched alkanes of at least 4 members (excludes halogenated alkanes) is 7. The van der Waals surface area contributed by atoms with Crippen LogP contribution in [0.15, 0.2) is 158 Å². The van der Waals surface area contributed by atoms with Crippen molar-refractivity contribution in [2.75, 3.05) is 13.2 Å². The number of carbonyl (C=O) groups excluding carboxylic acids is 4. The van der Waals surface area contributed by atoms with E-state index in [9.17, 15) is 19.2 Å². The summed E-state index contributed by atoms with van der Waals surface area (Å²) in [5, 5.41) is 0. The highest BCUT2D eigenvalue weighted by molar-refractivity contribution is 5.94. The van der Waals surface area contributed by atoms with Gasteiger partial charge in [-0.1, -0.05) is 82.7 Å². The molecule has 10 nitrogen and oxygen atoms in total. The average Bonchev–Trinajstić information content (AvgIpc) is 3.34. The highest BCUT2D eigenvalue weighted by Crippen LogP contribution is 2.28. The summed E-state index contributed by atoms with van der Waals surface area (Å²) in [6.45, 7) is 9.22. The number of carbonyl (C=O) groups is 4. The van der Waals surface area contributed by atoms with Gasteiger partial charge in [0.2, 0.25) is 0 Å². The number of hydrogen-bond acceptors (Lipinski definition) is 10. The van der Waals surface area contributed by atoms with E-state index in [4.69, 9.17) is 28.4 Å². The van der Waals surface area contributed by atoms with Crippen molar-refractivity contribution in [1.29, 1.82) is 0 Å². The van der Waals surface area contributed by atoms with Gasteiger partial charge < -0.3 is 28.4 Å². The average molecular weight is 889 g/mol. The Bertz CT molecular complexity index is 2490. The lowest BCUT2D eigenvalue weighted by molar-refractivity contribution is 0.0720. The molecule has 0 bridgehead atoms. The maximum Gasteiger partial charge on any atom is 0.343 e. The van der Waals surface area contributed by atoms with Gasteiger partial charge in [-0.25, -0.2) is 19.2 Å². The standard InChI is InChI=1S/C56H56O10/c1-4-6-7-8-9-10-11-12-13-37-61-47-27-19-42(20-28-47)53(57)64-50-33-23-44(24-34-50)55(59)63-49-31-17-41(18-32-49)46-15-14-16-52(38-46)66-56(60)45-25-35-51(36-26-45)65-54(58)43-21-29-48(30-22-43)62-39-40(3)5-2/h4,14-36,38,40H,1,5-13,37,39H2,2-3H3/t40-/m0/s1. The molecule has 6 aromatic carbocycles. The summed E-state index contributed by atoms with van der Waals surface area (Å²) < 4.78 is 33.9. The quantitative estimate of drug-likeness (QED) is 0.0251. The summed E-state index contributed by atoms with van der Waals surface area (Å²) in [7, 11) is 0. The molecule has 0 heterocycles. The predicted octanol–water partition coefficient (Wildman–Crippen LogP) is 13.3. The second kappa shape index (κ2) is 25.1. The van der Waals surface area contributed by atoms with Crippen LogP contribution in [-0.2, 0) is 0 Å². The topological polar surface area (TPSA) is 124 Å². The van der Waals surface area contributed by atoms with E-state index in [-0.39, 0.29) is 22.6 Å². The van der Waals surface area contributed by atoms with Crippen LogP contribution in [0.4, 0.5) is 0 Å². The Labute approximate surface area is 387 Å². The molecule has 10 heteroatoms. The van der Waals surface area contributed by atoms with Gasteiger partial charge in [0.15, 0.2) is 0 Å². The van der Waals surface area contributed by atoms with E-state index < -0.39 is 23.9 Å². The van der Waals surface area contributed by atoms with Crippen molar-refractivity contribution in [2.45, 2.75) is 71.6 Å². The lowest BCUT2D eigenvalue weighted by Gasteiger charge is -2.11. The van der Waals surface area contributed by atoms with Crippen molar-refractivity contribution in [3.8, 4) is 45.6 Å². The molecule has 0 saturated carbocycles. The van der Waals surface area contributed by atoms with E-state index in [0.717, 1.165) is 36.8 Å². The number of rotatable bonds is 24. The van der Waals surface area contributed by atoms with Gasteiger partial charge in [0.25, 0.3) is 0 Å². The first kappa shape index (κ1) is 48.0. The van der Waals surface area contributed by atoms with Gasteiger partial charge in [0, 0.05) is 0 Å². The summed E-state index contributed by atoms with van der Waals surface area (Å²) in [6.07, 6.45) is 12.4. The summed E-state index contributed by atoms with van der Waals surface area (Å²) in [5.74, 6) is 0.815. The minimum atomic E-state index is -0.583. The third kappa shape index (κ3) is 15.1. The first-order valence-electron chi connectivity index (χ1n) is 22.5. The molecule has 6 rings (SSSR count). The van der Waals surface area contributed by atoms with Crippen LogP contribution in [0.5, 0.6) is 34.5 Å². The first-order valence-corrected chi connectivity index (χ1v) is 22.5. The van der Waals surface area contributed by atoms with E-state index in [0.29, 0.717) is 53.3 Å². The van der Waals surface area contributed by atoms with E-state index in [2.05, 4.69) is 20.4 Å². The van der Waals surface area contributed by atoms with E-state index in [1.165, 1.54) is 80.6 Å². The zero-order chi connectivity index (χ0) is 46.5. The largest absolute Gasteiger partial charge is 0.494 e. The van der Waals surface area contributed by atoms with Crippen LogP contribution in [0, 0.1) is 5.92 Å². The highest BCUT2D eigenvalue weighted by Gasteiger charge is 2.15. The zero-order valence-electron chi connectivity index (χ0n) is 37.6. The lowest BCUT2D eigenvalue weighted by atomic mass is 10.1. The maximum absolute atomic E-state index is 13.0. The fraction of sp³-hybridized carbons (Fsp3) is 0.250. The minimum Gasteiger partial charge on any atom is -0.494 e. The van der Waals surface area contributed by atoms with Gasteiger partial charge in [-0.15, -0.1) is 6.58 Å². The monoisotopic (exact) mass is 888 g/mol. The van der Waals surface area contributed by atoms with Crippen LogP contribution in [0.25, 0.3) is 11.1 Å². The molecule has 340 valence electrons. The summed E-state index contributed by atoms with van der Waals surface area (Å²) in [5.41, 5.74) is 2.87. The molecule has 0 aromatic heterocycles. The summed E-state index contributed by atoms with van der Waals surface area (Å²) in [6, 6.07) is 39.8. The molecular formula is C56H56O10. The van der Waals surface area contributed by atoms with Crippen LogP contribution in [0.3, 0.4) is 0 Å². The van der Waals surface area contributed by atoms with E-state index >= 15 is 0 Å².